The van der Waals surface area contributed by atoms with Gasteiger partial charge in [-0.25, -0.2) is 15.0 Å². The number of anilines is 1. The van der Waals surface area contributed by atoms with Crippen molar-refractivity contribution in [2.24, 2.45) is 0 Å². The Balaban J connectivity index is 1.98. The van der Waals surface area contributed by atoms with Gasteiger partial charge in [0.15, 0.2) is 11.5 Å². The molecule has 0 fully saturated rings. The Morgan fingerprint density at radius 3 is 2.95 bits per heavy atom. The Morgan fingerprint density at radius 2 is 2.21 bits per heavy atom. The summed E-state index contributed by atoms with van der Waals surface area (Å²) in [4.78, 5) is 29.1. The van der Waals surface area contributed by atoms with E-state index in [-0.39, 0.29) is 19.2 Å². The summed E-state index contributed by atoms with van der Waals surface area (Å²) in [6, 6.07) is 0. The lowest BCUT2D eigenvalue weighted by Crippen LogP contribution is -2.03. The van der Waals surface area contributed by atoms with Crippen molar-refractivity contribution in [1.29, 1.82) is 0 Å². The van der Waals surface area contributed by atoms with Gasteiger partial charge in [-0.05, 0) is 0 Å². The zero-order valence-corrected chi connectivity index (χ0v) is 10.6. The number of imidazole rings is 1. The standard InChI is InChI=1S/C9H12N5O4P/c10-8-7-9(12-4-11-8)14(5-13-7)6-18-2-1-3-19(15,16)17/h1,3-5H,2,6H2,(H2,10,11,12)(H2,15,16,17). The third-order valence-electron chi connectivity index (χ3n) is 2.17. The molecule has 0 saturated carbocycles. The highest BCUT2D eigenvalue weighted by Gasteiger charge is 2.07. The number of nitrogens with zero attached hydrogens (tertiary/aromatic N) is 4. The van der Waals surface area contributed by atoms with Crippen LogP contribution in [0.3, 0.4) is 0 Å². The summed E-state index contributed by atoms with van der Waals surface area (Å²) in [5.41, 5.74) is 6.65. The van der Waals surface area contributed by atoms with Crippen LogP contribution in [0.1, 0.15) is 0 Å². The molecule has 2 aromatic rings. The van der Waals surface area contributed by atoms with Crippen LogP contribution in [0.5, 0.6) is 0 Å². The summed E-state index contributed by atoms with van der Waals surface area (Å²) < 4.78 is 17.4. The molecule has 2 rings (SSSR count). The molecule has 0 aliphatic carbocycles. The molecule has 0 atom stereocenters. The second-order valence-corrected chi connectivity index (χ2v) is 5.10. The van der Waals surface area contributed by atoms with E-state index >= 15 is 0 Å². The van der Waals surface area contributed by atoms with Gasteiger partial charge >= 0.3 is 7.60 Å². The number of ether oxygens (including phenoxy) is 1. The van der Waals surface area contributed by atoms with Crippen LogP contribution in [0, 0.1) is 0 Å². The summed E-state index contributed by atoms with van der Waals surface area (Å²) in [5, 5.41) is 0. The highest BCUT2D eigenvalue weighted by Crippen LogP contribution is 2.35. The summed E-state index contributed by atoms with van der Waals surface area (Å²) in [5.74, 6) is 1.07. The predicted molar refractivity (Wildman–Crippen MR) is 66.9 cm³/mol. The van der Waals surface area contributed by atoms with E-state index in [1.165, 1.54) is 18.7 Å². The zero-order chi connectivity index (χ0) is 13.9. The van der Waals surface area contributed by atoms with Crippen LogP contribution >= 0.6 is 7.60 Å². The SMILES string of the molecule is Nc1ncnc2c1ncn2COCC=CP(=O)(O)O. The summed E-state index contributed by atoms with van der Waals surface area (Å²) in [7, 11) is -4.13. The fourth-order valence-corrected chi connectivity index (χ4v) is 1.75. The fourth-order valence-electron chi connectivity index (χ4n) is 1.39. The molecule has 10 heteroatoms. The molecule has 0 unspecified atom stereocenters. The van der Waals surface area contributed by atoms with Crippen molar-refractivity contribution in [1.82, 2.24) is 19.5 Å². The largest absolute Gasteiger partial charge is 0.382 e. The van der Waals surface area contributed by atoms with Gasteiger partial charge in [0.2, 0.25) is 0 Å². The van der Waals surface area contributed by atoms with Crippen molar-refractivity contribution in [3.63, 3.8) is 0 Å². The molecule has 0 aliphatic heterocycles. The van der Waals surface area contributed by atoms with Crippen molar-refractivity contribution >= 4 is 24.6 Å². The number of fused-ring (bicyclic) bond motifs is 1. The monoisotopic (exact) mass is 285 g/mol. The van der Waals surface area contributed by atoms with E-state index in [1.54, 1.807) is 4.57 Å². The van der Waals surface area contributed by atoms with Gasteiger partial charge in [-0.3, -0.25) is 9.13 Å². The number of nitrogen functional groups attached to an aromatic ring is 1. The van der Waals surface area contributed by atoms with Crippen LogP contribution in [0.15, 0.2) is 24.5 Å². The predicted octanol–water partition coefficient (Wildman–Crippen LogP) is 0.0740. The number of rotatable bonds is 5. The van der Waals surface area contributed by atoms with Gasteiger partial charge in [0.25, 0.3) is 0 Å². The van der Waals surface area contributed by atoms with E-state index in [4.69, 9.17) is 20.3 Å². The third-order valence-corrected chi connectivity index (χ3v) is 2.77. The summed E-state index contributed by atoms with van der Waals surface area (Å²) in [6.45, 7) is 0.198. The second-order valence-electron chi connectivity index (χ2n) is 3.62. The normalized spacial score (nSPS) is 12.5. The molecule has 0 bridgehead atoms. The van der Waals surface area contributed by atoms with Crippen LogP contribution in [0.2, 0.25) is 0 Å². The molecule has 0 saturated heterocycles. The Kier molecular flexibility index (Phi) is 3.91. The Hall–Kier alpha value is -1.80. The molecule has 2 aromatic heterocycles. The number of nitrogens with two attached hydrogens (primary N) is 1. The molecule has 19 heavy (non-hydrogen) atoms. The van der Waals surface area contributed by atoms with Crippen molar-refractivity contribution in [3.8, 4) is 0 Å². The molecule has 0 spiro atoms. The second kappa shape index (κ2) is 5.45. The third kappa shape index (κ3) is 3.58. The van der Waals surface area contributed by atoms with Crippen LogP contribution in [-0.4, -0.2) is 35.9 Å². The van der Waals surface area contributed by atoms with E-state index in [2.05, 4.69) is 15.0 Å². The lowest BCUT2D eigenvalue weighted by molar-refractivity contribution is 0.103. The first-order chi connectivity index (χ1) is 8.97. The number of hydrogen-bond donors (Lipinski definition) is 3. The molecule has 9 nitrogen and oxygen atoms in total. The van der Waals surface area contributed by atoms with E-state index in [0.717, 1.165) is 5.82 Å². The molecule has 0 aliphatic rings. The molecule has 2 heterocycles. The molecule has 4 N–H and O–H groups in total. The van der Waals surface area contributed by atoms with Gasteiger partial charge in [-0.1, -0.05) is 6.08 Å². The minimum absolute atomic E-state index is 0.0609. The highest BCUT2D eigenvalue weighted by atomic mass is 31.2. The quantitative estimate of drug-likeness (QED) is 0.518. The molecule has 102 valence electrons. The van der Waals surface area contributed by atoms with Gasteiger partial charge in [0.05, 0.1) is 12.9 Å². The smallest absolute Gasteiger partial charge is 0.348 e. The number of hydrogen-bond acceptors (Lipinski definition) is 6. The Labute approximate surface area is 107 Å². The minimum atomic E-state index is -4.13. The lowest BCUT2D eigenvalue weighted by atomic mass is 10.5. The van der Waals surface area contributed by atoms with Gasteiger partial charge in [-0.15, -0.1) is 0 Å². The molecular weight excluding hydrogens is 273 g/mol. The van der Waals surface area contributed by atoms with E-state index in [1.807, 2.05) is 0 Å². The zero-order valence-electron chi connectivity index (χ0n) is 9.75. The Morgan fingerprint density at radius 1 is 1.42 bits per heavy atom. The molecular formula is C9H12N5O4P. The van der Waals surface area contributed by atoms with E-state index in [0.29, 0.717) is 11.2 Å². The first kappa shape index (κ1) is 13.6. The summed E-state index contributed by atoms with van der Waals surface area (Å²) in [6.07, 6.45) is 4.08. The maximum absolute atomic E-state index is 10.5. The van der Waals surface area contributed by atoms with E-state index < -0.39 is 7.60 Å². The van der Waals surface area contributed by atoms with Gasteiger partial charge < -0.3 is 20.3 Å². The average Bonchev–Trinajstić information content (AvgIpc) is 2.72. The van der Waals surface area contributed by atoms with Crippen LogP contribution in [-0.2, 0) is 16.0 Å². The number of aromatic nitrogens is 4. The van der Waals surface area contributed by atoms with Crippen LogP contribution in [0.4, 0.5) is 5.82 Å². The lowest BCUT2D eigenvalue weighted by Gasteiger charge is -2.03. The summed E-state index contributed by atoms with van der Waals surface area (Å²) >= 11 is 0. The minimum Gasteiger partial charge on any atom is -0.382 e. The highest BCUT2D eigenvalue weighted by molar-refractivity contribution is 7.55. The maximum atomic E-state index is 10.5. The fraction of sp³-hybridized carbons (Fsp3) is 0.222. The Bertz CT molecular complexity index is 649. The van der Waals surface area contributed by atoms with Gasteiger partial charge in [0, 0.05) is 5.82 Å². The van der Waals surface area contributed by atoms with Crippen LogP contribution in [0.25, 0.3) is 11.2 Å². The van der Waals surface area contributed by atoms with E-state index in [9.17, 15) is 4.57 Å². The maximum Gasteiger partial charge on any atom is 0.348 e. The average molecular weight is 285 g/mol. The van der Waals surface area contributed by atoms with Crippen LogP contribution < -0.4 is 5.73 Å². The van der Waals surface area contributed by atoms with Crippen molar-refractivity contribution in [2.75, 3.05) is 12.3 Å². The first-order valence-electron chi connectivity index (χ1n) is 5.19. The van der Waals surface area contributed by atoms with Gasteiger partial charge in [-0.2, -0.15) is 0 Å². The van der Waals surface area contributed by atoms with Crippen molar-refractivity contribution < 1.29 is 19.1 Å². The molecule has 0 radical (unpaired) electrons. The first-order valence-corrected chi connectivity index (χ1v) is 6.87. The molecule has 0 amide bonds. The van der Waals surface area contributed by atoms with Crippen molar-refractivity contribution in [3.05, 3.63) is 24.5 Å². The van der Waals surface area contributed by atoms with Crippen molar-refractivity contribution in [2.45, 2.75) is 6.73 Å². The molecule has 0 aromatic carbocycles. The topological polar surface area (TPSA) is 136 Å². The van der Waals surface area contributed by atoms with Gasteiger partial charge in [0.1, 0.15) is 18.6 Å².